The second-order valence-corrected chi connectivity index (χ2v) is 5.37. The summed E-state index contributed by atoms with van der Waals surface area (Å²) in [6.07, 6.45) is 3.12. The lowest BCUT2D eigenvalue weighted by Gasteiger charge is -2.30. The average Bonchev–Trinajstić information content (AvgIpc) is 2.81. The van der Waals surface area contributed by atoms with E-state index in [1.807, 2.05) is 4.90 Å². The maximum atomic E-state index is 12.4. The number of aromatic carboxylic acids is 1. The minimum absolute atomic E-state index is 0.0283. The highest BCUT2D eigenvalue weighted by atomic mass is 16.4. The van der Waals surface area contributed by atoms with Crippen LogP contribution in [0.25, 0.3) is 0 Å². The third kappa shape index (κ3) is 3.78. The van der Waals surface area contributed by atoms with Gasteiger partial charge in [-0.3, -0.25) is 4.79 Å². The molecule has 1 aromatic heterocycles. The fourth-order valence-electron chi connectivity index (χ4n) is 2.62. The summed E-state index contributed by atoms with van der Waals surface area (Å²) in [6, 6.07) is 0.187. The van der Waals surface area contributed by atoms with E-state index < -0.39 is 5.97 Å². The van der Waals surface area contributed by atoms with Gasteiger partial charge in [-0.25, -0.2) is 9.48 Å². The van der Waals surface area contributed by atoms with E-state index in [4.69, 9.17) is 5.11 Å². The molecule has 116 valence electrons. The molecular weight excluding hydrogens is 274 g/mol. The van der Waals surface area contributed by atoms with Crippen LogP contribution in [-0.4, -0.2) is 74.5 Å². The summed E-state index contributed by atoms with van der Waals surface area (Å²) in [4.78, 5) is 27.3. The Morgan fingerprint density at radius 2 is 2.19 bits per heavy atom. The molecule has 8 nitrogen and oxygen atoms in total. The summed E-state index contributed by atoms with van der Waals surface area (Å²) in [5, 5.41) is 16.0. The van der Waals surface area contributed by atoms with Gasteiger partial charge in [0.1, 0.15) is 6.54 Å². The molecule has 0 aromatic carbocycles. The maximum Gasteiger partial charge on any atom is 0.358 e. The Bertz CT molecular complexity index is 516. The molecule has 2 rings (SSSR count). The van der Waals surface area contributed by atoms with Gasteiger partial charge in [0.25, 0.3) is 0 Å². The molecule has 0 spiro atoms. The first kappa shape index (κ1) is 15.4. The van der Waals surface area contributed by atoms with E-state index in [1.54, 1.807) is 0 Å². The SMILES string of the molecule is CCC1CN(C)CCCN1C(=O)Cn1cc(C(=O)O)nn1. The van der Waals surface area contributed by atoms with Gasteiger partial charge in [-0.15, -0.1) is 5.10 Å². The average molecular weight is 295 g/mol. The van der Waals surface area contributed by atoms with Crippen molar-refractivity contribution in [1.29, 1.82) is 0 Å². The van der Waals surface area contributed by atoms with Gasteiger partial charge in [0.05, 0.1) is 6.20 Å². The zero-order valence-corrected chi connectivity index (χ0v) is 12.4. The molecule has 0 saturated carbocycles. The van der Waals surface area contributed by atoms with Crippen LogP contribution in [0.2, 0.25) is 0 Å². The molecular formula is C13H21N5O3. The number of nitrogens with zero attached hydrogens (tertiary/aromatic N) is 5. The second kappa shape index (κ2) is 6.66. The summed E-state index contributed by atoms with van der Waals surface area (Å²) in [7, 11) is 2.06. The van der Waals surface area contributed by atoms with E-state index in [2.05, 4.69) is 29.2 Å². The van der Waals surface area contributed by atoms with Crippen LogP contribution in [0.4, 0.5) is 0 Å². The first-order valence-corrected chi connectivity index (χ1v) is 7.12. The van der Waals surface area contributed by atoms with E-state index in [0.717, 1.165) is 32.5 Å². The summed E-state index contributed by atoms with van der Waals surface area (Å²) in [5.41, 5.74) is -0.148. The summed E-state index contributed by atoms with van der Waals surface area (Å²) in [6.45, 7) is 4.66. The number of aromatic nitrogens is 3. The van der Waals surface area contributed by atoms with Crippen molar-refractivity contribution in [2.24, 2.45) is 0 Å². The molecule has 1 unspecified atom stereocenters. The van der Waals surface area contributed by atoms with Gasteiger partial charge < -0.3 is 14.9 Å². The number of hydrogen-bond donors (Lipinski definition) is 1. The summed E-state index contributed by atoms with van der Waals surface area (Å²) >= 11 is 0. The molecule has 1 aliphatic rings. The standard InChI is InChI=1S/C13H21N5O3/c1-3-10-7-16(2)5-4-6-18(10)12(19)9-17-8-11(13(20)21)14-15-17/h8,10H,3-7,9H2,1-2H3,(H,20,21). The van der Waals surface area contributed by atoms with Crippen molar-refractivity contribution in [3.05, 3.63) is 11.9 Å². The van der Waals surface area contributed by atoms with Gasteiger partial charge >= 0.3 is 5.97 Å². The second-order valence-electron chi connectivity index (χ2n) is 5.37. The Balaban J connectivity index is 2.04. The molecule has 1 N–H and O–H groups in total. The highest BCUT2D eigenvalue weighted by molar-refractivity contribution is 5.84. The number of rotatable bonds is 4. The van der Waals surface area contributed by atoms with Crippen molar-refractivity contribution in [2.45, 2.75) is 32.4 Å². The third-order valence-electron chi connectivity index (χ3n) is 3.75. The van der Waals surface area contributed by atoms with Crippen LogP contribution in [0.15, 0.2) is 6.20 Å². The van der Waals surface area contributed by atoms with Gasteiger partial charge in [0.15, 0.2) is 5.69 Å². The third-order valence-corrected chi connectivity index (χ3v) is 3.75. The Kier molecular flexibility index (Phi) is 4.89. The number of carbonyl (C=O) groups excluding carboxylic acids is 1. The van der Waals surface area contributed by atoms with Gasteiger partial charge in [-0.2, -0.15) is 0 Å². The minimum Gasteiger partial charge on any atom is -0.476 e. The largest absolute Gasteiger partial charge is 0.476 e. The molecule has 1 aromatic rings. The van der Waals surface area contributed by atoms with Crippen molar-refractivity contribution in [3.63, 3.8) is 0 Å². The van der Waals surface area contributed by atoms with Crippen molar-refractivity contribution < 1.29 is 14.7 Å². The van der Waals surface area contributed by atoms with Gasteiger partial charge in [0, 0.05) is 19.1 Å². The Morgan fingerprint density at radius 3 is 2.81 bits per heavy atom. The Morgan fingerprint density at radius 1 is 1.43 bits per heavy atom. The topological polar surface area (TPSA) is 91.6 Å². The van der Waals surface area contributed by atoms with Crippen molar-refractivity contribution in [1.82, 2.24) is 24.8 Å². The molecule has 1 saturated heterocycles. The Hall–Kier alpha value is -1.96. The van der Waals surface area contributed by atoms with Gasteiger partial charge in [0.2, 0.25) is 5.91 Å². The lowest BCUT2D eigenvalue weighted by molar-refractivity contribution is -0.134. The molecule has 1 atom stereocenters. The fraction of sp³-hybridized carbons (Fsp3) is 0.692. The van der Waals surface area contributed by atoms with Crippen LogP contribution in [0.5, 0.6) is 0 Å². The Labute approximate surface area is 123 Å². The molecule has 8 heteroatoms. The number of likely N-dealkylation sites (N-methyl/N-ethyl adjacent to an activating group) is 1. The van der Waals surface area contributed by atoms with Crippen LogP contribution in [0, 0.1) is 0 Å². The quantitative estimate of drug-likeness (QED) is 0.835. The lowest BCUT2D eigenvalue weighted by atomic mass is 10.2. The molecule has 2 heterocycles. The molecule has 0 aliphatic carbocycles. The zero-order valence-electron chi connectivity index (χ0n) is 12.4. The summed E-state index contributed by atoms with van der Waals surface area (Å²) in [5.74, 6) is -1.18. The predicted molar refractivity (Wildman–Crippen MR) is 74.9 cm³/mol. The van der Waals surface area contributed by atoms with E-state index in [1.165, 1.54) is 10.9 Å². The molecule has 1 fully saturated rings. The van der Waals surface area contributed by atoms with E-state index >= 15 is 0 Å². The van der Waals surface area contributed by atoms with Gasteiger partial charge in [-0.1, -0.05) is 12.1 Å². The number of carbonyl (C=O) groups is 2. The lowest BCUT2D eigenvalue weighted by Crippen LogP contribution is -2.44. The van der Waals surface area contributed by atoms with Crippen LogP contribution in [0.3, 0.4) is 0 Å². The van der Waals surface area contributed by atoms with E-state index in [0.29, 0.717) is 0 Å². The van der Waals surface area contributed by atoms with Crippen LogP contribution in [-0.2, 0) is 11.3 Å². The van der Waals surface area contributed by atoms with Crippen LogP contribution < -0.4 is 0 Å². The number of carboxylic acid groups (broad SMARTS) is 1. The zero-order chi connectivity index (χ0) is 15.4. The van der Waals surface area contributed by atoms with Crippen molar-refractivity contribution in [2.75, 3.05) is 26.7 Å². The highest BCUT2D eigenvalue weighted by Crippen LogP contribution is 2.12. The van der Waals surface area contributed by atoms with Gasteiger partial charge in [-0.05, 0) is 26.4 Å². The van der Waals surface area contributed by atoms with Crippen molar-refractivity contribution >= 4 is 11.9 Å². The smallest absolute Gasteiger partial charge is 0.358 e. The van der Waals surface area contributed by atoms with Crippen molar-refractivity contribution in [3.8, 4) is 0 Å². The number of carboxylic acids is 1. The fourth-order valence-corrected chi connectivity index (χ4v) is 2.62. The molecule has 1 amide bonds. The number of amides is 1. The number of hydrogen-bond acceptors (Lipinski definition) is 5. The predicted octanol–water partition coefficient (Wildman–Crippen LogP) is -0.0810. The molecule has 0 bridgehead atoms. The van der Waals surface area contributed by atoms with Crippen LogP contribution in [0.1, 0.15) is 30.3 Å². The molecule has 1 aliphatic heterocycles. The monoisotopic (exact) mass is 295 g/mol. The first-order valence-electron chi connectivity index (χ1n) is 7.12. The van der Waals surface area contributed by atoms with E-state index in [-0.39, 0.29) is 24.2 Å². The maximum absolute atomic E-state index is 12.4. The normalized spacial score (nSPS) is 20.3. The van der Waals surface area contributed by atoms with Crippen LogP contribution >= 0.6 is 0 Å². The van der Waals surface area contributed by atoms with E-state index in [9.17, 15) is 9.59 Å². The summed E-state index contributed by atoms with van der Waals surface area (Å²) < 4.78 is 1.28. The molecule has 21 heavy (non-hydrogen) atoms. The molecule has 0 radical (unpaired) electrons. The highest BCUT2D eigenvalue weighted by Gasteiger charge is 2.26. The first-order chi connectivity index (χ1) is 10.0. The minimum atomic E-state index is -1.14.